The Hall–Kier alpha value is -2.39. The lowest BCUT2D eigenvalue weighted by Crippen LogP contribution is -2.50. The number of ether oxygens (including phenoxy) is 2. The van der Waals surface area contributed by atoms with E-state index >= 15 is 0 Å². The molecule has 3 fully saturated rings. The molecule has 5 rings (SSSR count). The van der Waals surface area contributed by atoms with Crippen LogP contribution in [0.15, 0.2) is 12.1 Å². The van der Waals surface area contributed by atoms with Crippen LogP contribution in [0.25, 0.3) is 0 Å². The molecule has 180 valence electrons. The van der Waals surface area contributed by atoms with E-state index < -0.39 is 5.60 Å². The first-order valence-electron chi connectivity index (χ1n) is 12.2. The molecule has 3 heterocycles. The number of fused-ring (bicyclic) bond motifs is 2. The molecule has 6 atom stereocenters. The van der Waals surface area contributed by atoms with E-state index in [1.165, 1.54) is 0 Å². The van der Waals surface area contributed by atoms with Crippen molar-refractivity contribution < 1.29 is 14.6 Å². The van der Waals surface area contributed by atoms with E-state index in [4.69, 9.17) is 14.5 Å². The molecule has 33 heavy (non-hydrogen) atoms. The Balaban J connectivity index is 1.36. The highest BCUT2D eigenvalue weighted by Gasteiger charge is 2.45. The van der Waals surface area contributed by atoms with Gasteiger partial charge >= 0.3 is 0 Å². The Morgan fingerprint density at radius 2 is 2.12 bits per heavy atom. The van der Waals surface area contributed by atoms with Gasteiger partial charge in [0.05, 0.1) is 11.7 Å². The van der Waals surface area contributed by atoms with Crippen LogP contribution in [0.3, 0.4) is 0 Å². The summed E-state index contributed by atoms with van der Waals surface area (Å²) in [6, 6.07) is 3.94. The lowest BCUT2D eigenvalue weighted by Gasteiger charge is -2.49. The maximum absolute atomic E-state index is 10.8. The van der Waals surface area contributed by atoms with Crippen molar-refractivity contribution in [3.05, 3.63) is 17.8 Å². The monoisotopic (exact) mass is 456 g/mol. The Bertz CT molecular complexity index is 955. The zero-order valence-corrected chi connectivity index (χ0v) is 19.8. The fourth-order valence-electron chi connectivity index (χ4n) is 6.06. The van der Waals surface area contributed by atoms with Gasteiger partial charge in [-0.25, -0.2) is 0 Å². The maximum Gasteiger partial charge on any atom is 0.228 e. The van der Waals surface area contributed by atoms with E-state index in [0.29, 0.717) is 47.8 Å². The molecule has 2 aromatic heterocycles. The van der Waals surface area contributed by atoms with Crippen LogP contribution in [0.2, 0.25) is 0 Å². The summed E-state index contributed by atoms with van der Waals surface area (Å²) in [6.45, 7) is 7.49. The van der Waals surface area contributed by atoms with Crippen LogP contribution in [0.1, 0.15) is 58.1 Å². The first-order chi connectivity index (χ1) is 15.8. The van der Waals surface area contributed by atoms with Gasteiger partial charge in [0.2, 0.25) is 11.8 Å². The third kappa shape index (κ3) is 5.41. The third-order valence-electron chi connectivity index (χ3n) is 7.29. The van der Waals surface area contributed by atoms with Crippen LogP contribution in [-0.2, 0) is 4.74 Å². The zero-order valence-electron chi connectivity index (χ0n) is 19.8. The average Bonchev–Trinajstić information content (AvgIpc) is 3.40. The van der Waals surface area contributed by atoms with Crippen molar-refractivity contribution in [2.24, 2.45) is 17.8 Å². The number of anilines is 3. The highest BCUT2D eigenvalue weighted by molar-refractivity contribution is 5.55. The summed E-state index contributed by atoms with van der Waals surface area (Å²) >= 11 is 0. The van der Waals surface area contributed by atoms with E-state index in [9.17, 15) is 5.11 Å². The molecule has 1 aliphatic heterocycles. The second-order valence-electron chi connectivity index (χ2n) is 10.6. The SMILES string of the molecule is Cc1cc(Nc2cc(OCC3CCCO3)nc(NC3C(C)CC4CC3CC(C)(O)C4)n2)n[nH]1. The lowest BCUT2D eigenvalue weighted by molar-refractivity contribution is -0.0502. The van der Waals surface area contributed by atoms with Gasteiger partial charge < -0.3 is 25.2 Å². The normalized spacial score (nSPS) is 33.6. The number of rotatable bonds is 7. The molecule has 9 heteroatoms. The number of H-pyrrole nitrogens is 1. The Kier molecular flexibility index (Phi) is 6.18. The van der Waals surface area contributed by atoms with Crippen LogP contribution in [0, 0.1) is 24.7 Å². The molecule has 2 bridgehead atoms. The predicted molar refractivity (Wildman–Crippen MR) is 126 cm³/mol. The van der Waals surface area contributed by atoms with Gasteiger partial charge in [-0.15, -0.1) is 0 Å². The molecular weight excluding hydrogens is 420 g/mol. The van der Waals surface area contributed by atoms with Crippen molar-refractivity contribution in [1.29, 1.82) is 0 Å². The molecule has 9 nitrogen and oxygen atoms in total. The number of hydrogen-bond acceptors (Lipinski definition) is 8. The molecule has 4 N–H and O–H groups in total. The summed E-state index contributed by atoms with van der Waals surface area (Å²) in [7, 11) is 0. The lowest BCUT2D eigenvalue weighted by atomic mass is 9.61. The quantitative estimate of drug-likeness (QED) is 0.497. The maximum atomic E-state index is 10.8. The smallest absolute Gasteiger partial charge is 0.228 e. The first kappa shape index (κ1) is 22.4. The Morgan fingerprint density at radius 3 is 2.88 bits per heavy atom. The van der Waals surface area contributed by atoms with Gasteiger partial charge in [0.1, 0.15) is 12.4 Å². The van der Waals surface area contributed by atoms with Crippen molar-refractivity contribution in [3.8, 4) is 5.88 Å². The van der Waals surface area contributed by atoms with Crippen molar-refractivity contribution in [2.45, 2.75) is 77.0 Å². The predicted octanol–water partition coefficient (Wildman–Crippen LogP) is 3.80. The number of aryl methyl sites for hydroxylation is 1. The molecule has 0 spiro atoms. The summed E-state index contributed by atoms with van der Waals surface area (Å²) in [5.41, 5.74) is 0.375. The minimum Gasteiger partial charge on any atom is -0.475 e. The molecule has 0 radical (unpaired) electrons. The molecule has 2 aromatic rings. The number of aromatic amines is 1. The van der Waals surface area contributed by atoms with Crippen molar-refractivity contribution in [3.63, 3.8) is 0 Å². The Labute approximate surface area is 195 Å². The van der Waals surface area contributed by atoms with Gasteiger partial charge in [-0.1, -0.05) is 6.92 Å². The highest BCUT2D eigenvalue weighted by atomic mass is 16.5. The van der Waals surface area contributed by atoms with Gasteiger partial charge in [-0.2, -0.15) is 15.1 Å². The van der Waals surface area contributed by atoms with Crippen LogP contribution in [-0.4, -0.2) is 56.2 Å². The topological polar surface area (TPSA) is 117 Å². The fraction of sp³-hybridized carbons (Fsp3) is 0.708. The summed E-state index contributed by atoms with van der Waals surface area (Å²) < 4.78 is 11.7. The van der Waals surface area contributed by atoms with E-state index in [1.54, 1.807) is 6.07 Å². The molecule has 3 aliphatic rings. The number of aliphatic hydroxyl groups is 1. The summed E-state index contributed by atoms with van der Waals surface area (Å²) in [5.74, 6) is 3.83. The standard InChI is InChI=1S/C24H36N6O3/c1-14-7-16-9-17(12-24(3,31)11-16)22(14)28-23-26-19(25-20-8-15(2)29-30-20)10-21(27-23)33-13-18-5-4-6-32-18/h8,10,14,16-18,22,31H,4-7,9,11-13H2,1-3H3,(H3,25,26,27,28,29,30). The molecule has 0 aromatic carbocycles. The third-order valence-corrected chi connectivity index (χ3v) is 7.29. The van der Waals surface area contributed by atoms with Crippen LogP contribution in [0.5, 0.6) is 5.88 Å². The van der Waals surface area contributed by atoms with Crippen molar-refractivity contribution in [2.75, 3.05) is 23.8 Å². The zero-order chi connectivity index (χ0) is 23.0. The largest absolute Gasteiger partial charge is 0.475 e. The second-order valence-corrected chi connectivity index (χ2v) is 10.6. The van der Waals surface area contributed by atoms with Gasteiger partial charge in [0.15, 0.2) is 5.82 Å². The van der Waals surface area contributed by atoms with Gasteiger partial charge in [0, 0.05) is 30.5 Å². The molecule has 2 saturated carbocycles. The summed E-state index contributed by atoms with van der Waals surface area (Å²) in [5, 5.41) is 24.8. The van der Waals surface area contributed by atoms with Gasteiger partial charge in [0.25, 0.3) is 0 Å². The molecular formula is C24H36N6O3. The van der Waals surface area contributed by atoms with Crippen LogP contribution in [0.4, 0.5) is 17.6 Å². The number of hydrogen-bond donors (Lipinski definition) is 4. The van der Waals surface area contributed by atoms with E-state index in [1.807, 2.05) is 19.9 Å². The molecule has 2 aliphatic carbocycles. The summed E-state index contributed by atoms with van der Waals surface area (Å²) in [4.78, 5) is 9.41. The van der Waals surface area contributed by atoms with E-state index in [-0.39, 0.29) is 12.1 Å². The second kappa shape index (κ2) is 9.10. The first-order valence-corrected chi connectivity index (χ1v) is 12.2. The minimum atomic E-state index is -0.592. The van der Waals surface area contributed by atoms with E-state index in [0.717, 1.165) is 50.8 Å². The molecule has 6 unspecified atom stereocenters. The average molecular weight is 457 g/mol. The van der Waals surface area contributed by atoms with Crippen LogP contribution >= 0.6 is 0 Å². The van der Waals surface area contributed by atoms with Crippen molar-refractivity contribution in [1.82, 2.24) is 20.2 Å². The van der Waals surface area contributed by atoms with Gasteiger partial charge in [-0.3, -0.25) is 5.10 Å². The minimum absolute atomic E-state index is 0.113. The highest BCUT2D eigenvalue weighted by Crippen LogP contribution is 2.47. The number of aromatic nitrogens is 4. The molecule has 1 saturated heterocycles. The van der Waals surface area contributed by atoms with E-state index in [2.05, 4.69) is 32.7 Å². The number of nitrogens with one attached hydrogen (secondary N) is 3. The Morgan fingerprint density at radius 1 is 1.24 bits per heavy atom. The van der Waals surface area contributed by atoms with Gasteiger partial charge in [-0.05, 0) is 70.1 Å². The summed E-state index contributed by atoms with van der Waals surface area (Å²) in [6.07, 6.45) is 6.15. The van der Waals surface area contributed by atoms with Crippen LogP contribution < -0.4 is 15.4 Å². The number of nitrogens with zero attached hydrogens (tertiary/aromatic N) is 3. The fourth-order valence-corrected chi connectivity index (χ4v) is 6.06. The van der Waals surface area contributed by atoms with Crippen molar-refractivity contribution >= 4 is 17.6 Å². The molecule has 0 amide bonds.